The zero-order chi connectivity index (χ0) is 27.9. The largest absolute Gasteiger partial charge is 0.573 e. The molecule has 39 heavy (non-hydrogen) atoms. The summed E-state index contributed by atoms with van der Waals surface area (Å²) in [6, 6.07) is 5.40. The number of amides is 2. The molecule has 1 aliphatic carbocycles. The second-order valence-corrected chi connectivity index (χ2v) is 10.3. The first-order valence-corrected chi connectivity index (χ1v) is 12.5. The van der Waals surface area contributed by atoms with Gasteiger partial charge in [-0.1, -0.05) is 12.1 Å². The van der Waals surface area contributed by atoms with Crippen LogP contribution in [0.4, 0.5) is 26.7 Å². The first-order chi connectivity index (χ1) is 18.4. The fraction of sp³-hybridized carbons (Fsp3) is 0.560. The molecule has 212 valence electrons. The third kappa shape index (κ3) is 6.60. The summed E-state index contributed by atoms with van der Waals surface area (Å²) in [4.78, 5) is 34.1. The molecule has 2 aromatic rings. The number of fused-ring (bicyclic) bond motifs is 1. The van der Waals surface area contributed by atoms with Crippen LogP contribution >= 0.6 is 0 Å². The van der Waals surface area contributed by atoms with E-state index in [1.165, 1.54) is 40.5 Å². The molecule has 4 atom stereocenters. The van der Waals surface area contributed by atoms with Crippen molar-refractivity contribution >= 4 is 12.0 Å². The maximum absolute atomic E-state index is 13.5. The number of aromatic nitrogens is 2. The normalized spacial score (nSPS) is 26.4. The summed E-state index contributed by atoms with van der Waals surface area (Å²) in [6.45, 7) is 1.11. The molecule has 0 radical (unpaired) electrons. The first kappa shape index (κ1) is 27.2. The van der Waals surface area contributed by atoms with Crippen molar-refractivity contribution in [2.75, 3.05) is 39.3 Å². The van der Waals surface area contributed by atoms with E-state index in [9.17, 15) is 31.5 Å². The fourth-order valence-corrected chi connectivity index (χ4v) is 5.47. The highest BCUT2D eigenvalue weighted by atomic mass is 19.4. The molecule has 14 heteroatoms. The summed E-state index contributed by atoms with van der Waals surface area (Å²) >= 11 is 0. The monoisotopic (exact) mass is 557 g/mol. The summed E-state index contributed by atoms with van der Waals surface area (Å²) in [5.74, 6) is -0.0710. The van der Waals surface area contributed by atoms with Crippen LogP contribution in [0.5, 0.6) is 11.6 Å². The number of ether oxygens (including phenoxy) is 2. The van der Waals surface area contributed by atoms with E-state index in [2.05, 4.69) is 9.72 Å². The lowest BCUT2D eigenvalue weighted by Gasteiger charge is -2.25. The van der Waals surface area contributed by atoms with Crippen molar-refractivity contribution in [2.24, 2.45) is 24.8 Å². The van der Waals surface area contributed by atoms with Crippen LogP contribution < -0.4 is 9.47 Å². The zero-order valence-corrected chi connectivity index (χ0v) is 21.1. The fourth-order valence-electron chi connectivity index (χ4n) is 5.47. The zero-order valence-electron chi connectivity index (χ0n) is 21.1. The van der Waals surface area contributed by atoms with Gasteiger partial charge in [-0.15, -0.1) is 13.2 Å². The SMILES string of the molecule is Cn1cnc(OC(=O)N(Cc2cccc(OC(F)(F)F)c2)CC2C3CN(CC(=O)N4CC(F)C(F)C4)CC32)c1. The van der Waals surface area contributed by atoms with Gasteiger partial charge in [-0.05, 0) is 35.4 Å². The van der Waals surface area contributed by atoms with Gasteiger partial charge in [0.25, 0.3) is 0 Å². The van der Waals surface area contributed by atoms with Gasteiger partial charge in [0.05, 0.1) is 32.2 Å². The molecule has 1 aromatic heterocycles. The number of hydrogen-bond acceptors (Lipinski definition) is 6. The van der Waals surface area contributed by atoms with Gasteiger partial charge in [0.15, 0.2) is 12.3 Å². The smallest absolute Gasteiger partial charge is 0.406 e. The number of hydrogen-bond donors (Lipinski definition) is 0. The highest BCUT2D eigenvalue weighted by Gasteiger charge is 2.56. The van der Waals surface area contributed by atoms with E-state index in [1.54, 1.807) is 17.7 Å². The van der Waals surface area contributed by atoms with Gasteiger partial charge in [0, 0.05) is 33.2 Å². The summed E-state index contributed by atoms with van der Waals surface area (Å²) in [5.41, 5.74) is 0.427. The molecule has 4 unspecified atom stereocenters. The second-order valence-electron chi connectivity index (χ2n) is 10.3. The highest BCUT2D eigenvalue weighted by Crippen LogP contribution is 2.52. The van der Waals surface area contributed by atoms with Crippen molar-refractivity contribution < 1.29 is 41.0 Å². The molecule has 5 rings (SSSR count). The van der Waals surface area contributed by atoms with Gasteiger partial charge in [0.1, 0.15) is 5.75 Å². The van der Waals surface area contributed by atoms with Crippen LogP contribution in [0.2, 0.25) is 0 Å². The van der Waals surface area contributed by atoms with E-state index >= 15 is 0 Å². The van der Waals surface area contributed by atoms with E-state index in [-0.39, 0.29) is 55.7 Å². The predicted molar refractivity (Wildman–Crippen MR) is 126 cm³/mol. The Morgan fingerprint density at radius 3 is 2.41 bits per heavy atom. The minimum absolute atomic E-state index is 0.0113. The number of imidazole rings is 1. The number of rotatable bonds is 8. The molecule has 2 saturated heterocycles. The van der Waals surface area contributed by atoms with Crippen LogP contribution in [0.25, 0.3) is 0 Å². The molecule has 9 nitrogen and oxygen atoms in total. The van der Waals surface area contributed by atoms with Gasteiger partial charge < -0.3 is 23.8 Å². The van der Waals surface area contributed by atoms with Gasteiger partial charge in [-0.25, -0.2) is 18.6 Å². The number of piperidine rings is 1. The van der Waals surface area contributed by atoms with E-state index in [1.807, 2.05) is 4.90 Å². The number of nitrogens with zero attached hydrogens (tertiary/aromatic N) is 5. The molecule has 3 aliphatic rings. The molecule has 0 N–H and O–H groups in total. The Kier molecular flexibility index (Phi) is 7.40. The number of carbonyl (C=O) groups excluding carboxylic acids is 2. The average molecular weight is 558 g/mol. The van der Waals surface area contributed by atoms with Crippen LogP contribution in [0.3, 0.4) is 0 Å². The predicted octanol–water partition coefficient (Wildman–Crippen LogP) is 3.02. The lowest BCUT2D eigenvalue weighted by Crippen LogP contribution is -2.41. The standard InChI is InChI=1S/C25H28F5N5O4/c1-32-12-22(31-14-32)38-24(37)35(6-15-3-2-4-16(5-15)39-25(28,29)30)9-19-17-7-33(8-18(17)19)13-23(36)34-10-20(26)21(27)11-34/h2-5,12,14,17-21H,6-11,13H2,1H3. The molecular weight excluding hydrogens is 529 g/mol. The lowest BCUT2D eigenvalue weighted by molar-refractivity contribution is -0.274. The van der Waals surface area contributed by atoms with Crippen molar-refractivity contribution in [3.05, 3.63) is 42.4 Å². The molecule has 1 saturated carbocycles. The molecule has 2 aliphatic heterocycles. The Morgan fingerprint density at radius 2 is 1.79 bits per heavy atom. The van der Waals surface area contributed by atoms with Crippen molar-refractivity contribution in [3.8, 4) is 11.6 Å². The number of halogens is 5. The quantitative estimate of drug-likeness (QED) is 0.465. The van der Waals surface area contributed by atoms with Gasteiger partial charge >= 0.3 is 12.5 Å². The summed E-state index contributed by atoms with van der Waals surface area (Å²) in [5, 5.41) is 0. The van der Waals surface area contributed by atoms with Crippen LogP contribution in [0, 0.1) is 17.8 Å². The van der Waals surface area contributed by atoms with E-state index in [0.29, 0.717) is 25.2 Å². The Hall–Kier alpha value is -3.42. The Morgan fingerprint density at radius 1 is 1.10 bits per heavy atom. The van der Waals surface area contributed by atoms with E-state index in [4.69, 9.17) is 4.74 Å². The summed E-state index contributed by atoms with van der Waals surface area (Å²) in [6.07, 6.45) is -5.85. The molecule has 1 aromatic carbocycles. The van der Waals surface area contributed by atoms with Gasteiger partial charge in [-0.3, -0.25) is 9.69 Å². The number of benzene rings is 1. The minimum Gasteiger partial charge on any atom is -0.406 e. The van der Waals surface area contributed by atoms with E-state index in [0.717, 1.165) is 0 Å². The van der Waals surface area contributed by atoms with Crippen molar-refractivity contribution in [1.82, 2.24) is 24.3 Å². The maximum Gasteiger partial charge on any atom is 0.573 e. The summed E-state index contributed by atoms with van der Waals surface area (Å²) < 4.78 is 75.9. The van der Waals surface area contributed by atoms with Crippen molar-refractivity contribution in [1.29, 1.82) is 0 Å². The third-order valence-electron chi connectivity index (χ3n) is 7.41. The average Bonchev–Trinajstić information content (AvgIpc) is 3.21. The molecule has 2 amide bonds. The maximum atomic E-state index is 13.5. The minimum atomic E-state index is -4.84. The van der Waals surface area contributed by atoms with Crippen molar-refractivity contribution in [2.45, 2.75) is 25.3 Å². The second kappa shape index (κ2) is 10.6. The van der Waals surface area contributed by atoms with Crippen LogP contribution in [0.15, 0.2) is 36.8 Å². The molecular formula is C25H28F5N5O4. The lowest BCUT2D eigenvalue weighted by atomic mass is 10.2. The Balaban J connectivity index is 1.20. The van der Waals surface area contributed by atoms with Crippen LogP contribution in [-0.2, 0) is 18.4 Å². The van der Waals surface area contributed by atoms with Gasteiger partial charge in [-0.2, -0.15) is 0 Å². The topological polar surface area (TPSA) is 80.1 Å². The molecule has 3 fully saturated rings. The number of carbonyl (C=O) groups is 2. The number of aryl methyl sites for hydroxylation is 1. The molecule has 3 heterocycles. The van der Waals surface area contributed by atoms with Crippen molar-refractivity contribution in [3.63, 3.8) is 0 Å². The molecule has 0 bridgehead atoms. The third-order valence-corrected chi connectivity index (χ3v) is 7.41. The number of likely N-dealkylation sites (tertiary alicyclic amines) is 2. The molecule has 0 spiro atoms. The van der Waals surface area contributed by atoms with Crippen LogP contribution in [0.1, 0.15) is 5.56 Å². The first-order valence-electron chi connectivity index (χ1n) is 12.5. The van der Waals surface area contributed by atoms with Gasteiger partial charge in [0.2, 0.25) is 11.8 Å². The summed E-state index contributed by atoms with van der Waals surface area (Å²) in [7, 11) is 1.71. The van der Waals surface area contributed by atoms with E-state index < -0.39 is 30.5 Å². The highest BCUT2D eigenvalue weighted by molar-refractivity contribution is 5.78. The van der Waals surface area contributed by atoms with Crippen LogP contribution in [-0.4, -0.2) is 94.2 Å². The number of alkyl halides is 5. The Bertz CT molecular complexity index is 1190. The Labute approximate surface area is 221 Å².